The monoisotopic (exact) mass is 272 g/mol. The van der Waals surface area contributed by atoms with Crippen LogP contribution in [-0.4, -0.2) is 66.7 Å². The number of carbonyl (C=O) groups is 3. The fourth-order valence-electron chi connectivity index (χ4n) is 2.04. The number of methoxy groups -OCH3 is 1. The van der Waals surface area contributed by atoms with E-state index in [1.54, 1.807) is 7.05 Å². The Balaban J connectivity index is 2.33. The molecule has 0 bridgehead atoms. The number of likely N-dealkylation sites (tertiary alicyclic amines) is 1. The summed E-state index contributed by atoms with van der Waals surface area (Å²) >= 11 is 0. The first-order valence-electron chi connectivity index (χ1n) is 6.25. The predicted octanol–water partition coefficient (Wildman–Crippen LogP) is 0.398. The van der Waals surface area contributed by atoms with Gasteiger partial charge < -0.3 is 19.6 Å². The zero-order valence-corrected chi connectivity index (χ0v) is 11.3. The van der Waals surface area contributed by atoms with Gasteiger partial charge in [0.2, 0.25) is 0 Å². The third-order valence-corrected chi connectivity index (χ3v) is 3.24. The molecule has 7 nitrogen and oxygen atoms in total. The molecule has 1 fully saturated rings. The summed E-state index contributed by atoms with van der Waals surface area (Å²) in [4.78, 5) is 36.8. The topological polar surface area (TPSA) is 87.2 Å². The van der Waals surface area contributed by atoms with Crippen molar-refractivity contribution >= 4 is 18.0 Å². The van der Waals surface area contributed by atoms with Gasteiger partial charge in [-0.25, -0.2) is 4.79 Å². The number of carbonyl (C=O) groups excluding carboxylic acids is 2. The fourth-order valence-corrected chi connectivity index (χ4v) is 2.04. The number of hydrogen-bond donors (Lipinski definition) is 1. The molecule has 1 unspecified atom stereocenters. The van der Waals surface area contributed by atoms with Gasteiger partial charge in [-0.15, -0.1) is 0 Å². The van der Waals surface area contributed by atoms with Gasteiger partial charge >= 0.3 is 18.0 Å². The lowest BCUT2D eigenvalue weighted by Crippen LogP contribution is -2.40. The van der Waals surface area contributed by atoms with E-state index in [4.69, 9.17) is 5.11 Å². The number of carboxylic acids is 1. The van der Waals surface area contributed by atoms with Gasteiger partial charge in [0.15, 0.2) is 0 Å². The first kappa shape index (κ1) is 15.3. The van der Waals surface area contributed by atoms with Crippen molar-refractivity contribution in [3.05, 3.63) is 0 Å². The lowest BCUT2D eigenvalue weighted by molar-refractivity contribution is -0.142. The lowest BCUT2D eigenvalue weighted by Gasteiger charge is -2.24. The zero-order valence-electron chi connectivity index (χ0n) is 11.3. The molecule has 1 aliphatic heterocycles. The van der Waals surface area contributed by atoms with E-state index in [1.165, 1.54) is 16.9 Å². The van der Waals surface area contributed by atoms with Crippen LogP contribution in [0.2, 0.25) is 0 Å². The van der Waals surface area contributed by atoms with E-state index in [-0.39, 0.29) is 25.0 Å². The van der Waals surface area contributed by atoms with Gasteiger partial charge in [0.1, 0.15) is 0 Å². The number of rotatable bonds is 5. The minimum absolute atomic E-state index is 0.186. The van der Waals surface area contributed by atoms with Crippen LogP contribution in [0.1, 0.15) is 19.3 Å². The Morgan fingerprint density at radius 2 is 2.11 bits per heavy atom. The number of amides is 2. The van der Waals surface area contributed by atoms with Crippen molar-refractivity contribution < 1.29 is 24.2 Å². The molecule has 19 heavy (non-hydrogen) atoms. The molecular weight excluding hydrogens is 252 g/mol. The number of urea groups is 1. The van der Waals surface area contributed by atoms with Gasteiger partial charge in [-0.1, -0.05) is 0 Å². The minimum Gasteiger partial charge on any atom is -0.481 e. The SMILES string of the molecule is COC(=O)CCCN(C)C(=O)N1CCC(C(=O)O)C1. The van der Waals surface area contributed by atoms with E-state index in [1.807, 2.05) is 0 Å². The van der Waals surface area contributed by atoms with Gasteiger partial charge in [-0.2, -0.15) is 0 Å². The van der Waals surface area contributed by atoms with Crippen LogP contribution >= 0.6 is 0 Å². The summed E-state index contributed by atoms with van der Waals surface area (Å²) in [5.74, 6) is -1.62. The third kappa shape index (κ3) is 4.42. The van der Waals surface area contributed by atoms with Crippen molar-refractivity contribution in [2.45, 2.75) is 19.3 Å². The van der Waals surface area contributed by atoms with Gasteiger partial charge in [-0.05, 0) is 12.8 Å². The highest BCUT2D eigenvalue weighted by Gasteiger charge is 2.31. The largest absolute Gasteiger partial charge is 0.481 e. The van der Waals surface area contributed by atoms with E-state index in [0.717, 1.165) is 0 Å². The second-order valence-corrected chi connectivity index (χ2v) is 4.65. The lowest BCUT2D eigenvalue weighted by atomic mass is 10.1. The van der Waals surface area contributed by atoms with Crippen LogP contribution in [0.5, 0.6) is 0 Å². The molecule has 108 valence electrons. The Morgan fingerprint density at radius 3 is 2.63 bits per heavy atom. The molecule has 2 amide bonds. The van der Waals surface area contributed by atoms with Gasteiger partial charge in [0.25, 0.3) is 0 Å². The smallest absolute Gasteiger partial charge is 0.319 e. The molecule has 0 aromatic carbocycles. The Labute approximate surface area is 112 Å². The number of ether oxygens (including phenoxy) is 1. The molecule has 0 aromatic rings. The molecule has 1 aliphatic rings. The van der Waals surface area contributed by atoms with Crippen LogP contribution in [0.4, 0.5) is 4.79 Å². The molecule has 1 saturated heterocycles. The van der Waals surface area contributed by atoms with Crippen LogP contribution in [0.25, 0.3) is 0 Å². The summed E-state index contributed by atoms with van der Waals surface area (Å²) < 4.78 is 4.51. The number of hydrogen-bond acceptors (Lipinski definition) is 4. The van der Waals surface area contributed by atoms with Gasteiger partial charge in [0, 0.05) is 33.1 Å². The second kappa shape index (κ2) is 6.96. The van der Waals surface area contributed by atoms with Crippen molar-refractivity contribution in [2.24, 2.45) is 5.92 Å². The third-order valence-electron chi connectivity index (χ3n) is 3.24. The Kier molecular flexibility index (Phi) is 5.59. The van der Waals surface area contributed by atoms with Crippen LogP contribution < -0.4 is 0 Å². The number of nitrogens with zero attached hydrogens (tertiary/aromatic N) is 2. The van der Waals surface area contributed by atoms with E-state index in [9.17, 15) is 14.4 Å². The van der Waals surface area contributed by atoms with Crippen molar-refractivity contribution in [1.29, 1.82) is 0 Å². The zero-order chi connectivity index (χ0) is 14.4. The second-order valence-electron chi connectivity index (χ2n) is 4.65. The molecule has 1 heterocycles. The van der Waals surface area contributed by atoms with Crippen LogP contribution in [0.3, 0.4) is 0 Å². The summed E-state index contributed by atoms with van der Waals surface area (Å²) in [6, 6.07) is -0.186. The average Bonchev–Trinajstić information content (AvgIpc) is 2.87. The van der Waals surface area contributed by atoms with E-state index in [2.05, 4.69) is 4.74 Å². The Morgan fingerprint density at radius 1 is 1.42 bits per heavy atom. The molecule has 0 aliphatic carbocycles. The van der Waals surface area contributed by atoms with Crippen molar-refractivity contribution in [3.8, 4) is 0 Å². The Hall–Kier alpha value is -1.79. The molecule has 0 saturated carbocycles. The molecule has 1 rings (SSSR count). The Bertz CT molecular complexity index is 358. The first-order chi connectivity index (χ1) is 8.95. The highest BCUT2D eigenvalue weighted by molar-refractivity contribution is 5.77. The number of carboxylic acid groups (broad SMARTS) is 1. The standard InChI is InChI=1S/C12H20N2O5/c1-13(6-3-4-10(15)19-2)12(18)14-7-5-9(8-14)11(16)17/h9H,3-8H2,1-2H3,(H,16,17). The van der Waals surface area contributed by atoms with Crippen molar-refractivity contribution in [1.82, 2.24) is 9.80 Å². The maximum absolute atomic E-state index is 12.0. The predicted molar refractivity (Wildman–Crippen MR) is 66.6 cm³/mol. The molecule has 0 aromatic heterocycles. The summed E-state index contributed by atoms with van der Waals surface area (Å²) in [5.41, 5.74) is 0. The van der Waals surface area contributed by atoms with E-state index in [0.29, 0.717) is 25.9 Å². The molecule has 0 spiro atoms. The maximum atomic E-state index is 12.0. The average molecular weight is 272 g/mol. The quantitative estimate of drug-likeness (QED) is 0.732. The first-order valence-corrected chi connectivity index (χ1v) is 6.25. The fraction of sp³-hybridized carbons (Fsp3) is 0.750. The molecule has 0 radical (unpaired) electrons. The summed E-state index contributed by atoms with van der Waals surface area (Å²) in [7, 11) is 2.97. The van der Waals surface area contributed by atoms with Gasteiger partial charge in [-0.3, -0.25) is 9.59 Å². The summed E-state index contributed by atoms with van der Waals surface area (Å²) in [6.45, 7) is 1.18. The number of aliphatic carboxylic acids is 1. The molecule has 1 N–H and O–H groups in total. The minimum atomic E-state index is -0.858. The molecular formula is C12H20N2O5. The normalized spacial score (nSPS) is 18.2. The van der Waals surface area contributed by atoms with E-state index >= 15 is 0 Å². The highest BCUT2D eigenvalue weighted by Crippen LogP contribution is 2.17. The van der Waals surface area contributed by atoms with Crippen LogP contribution in [-0.2, 0) is 14.3 Å². The van der Waals surface area contributed by atoms with Crippen LogP contribution in [0, 0.1) is 5.92 Å². The number of esters is 1. The van der Waals surface area contributed by atoms with Crippen LogP contribution in [0.15, 0.2) is 0 Å². The van der Waals surface area contributed by atoms with Crippen molar-refractivity contribution in [2.75, 3.05) is 33.8 Å². The summed E-state index contributed by atoms with van der Waals surface area (Å²) in [6.07, 6.45) is 1.30. The van der Waals surface area contributed by atoms with E-state index < -0.39 is 11.9 Å². The highest BCUT2D eigenvalue weighted by atomic mass is 16.5. The summed E-state index contributed by atoms with van der Waals surface area (Å²) in [5, 5.41) is 8.88. The van der Waals surface area contributed by atoms with Gasteiger partial charge in [0.05, 0.1) is 13.0 Å². The van der Waals surface area contributed by atoms with Crippen molar-refractivity contribution in [3.63, 3.8) is 0 Å². The maximum Gasteiger partial charge on any atom is 0.319 e. The molecule has 7 heteroatoms. The molecule has 1 atom stereocenters.